The molecule has 1 aliphatic carbocycles. The largest absolute Gasteiger partial charge is 0.417 e. The maximum atomic E-state index is 13.2. The van der Waals surface area contributed by atoms with E-state index < -0.39 is 11.7 Å². The zero-order valence-corrected chi connectivity index (χ0v) is 21.3. The van der Waals surface area contributed by atoms with E-state index in [-0.39, 0.29) is 5.56 Å². The summed E-state index contributed by atoms with van der Waals surface area (Å²) in [5.74, 6) is 0. The van der Waals surface area contributed by atoms with Crippen LogP contribution in [0.4, 0.5) is 18.9 Å². The molecule has 196 valence electrons. The van der Waals surface area contributed by atoms with Crippen LogP contribution in [0.1, 0.15) is 43.4 Å². The molecule has 1 saturated heterocycles. The van der Waals surface area contributed by atoms with Crippen LogP contribution in [0.5, 0.6) is 0 Å². The van der Waals surface area contributed by atoms with Gasteiger partial charge in [-0.2, -0.15) is 23.4 Å². The summed E-state index contributed by atoms with van der Waals surface area (Å²) in [7, 11) is 0. The number of benzene rings is 2. The normalized spacial score (nSPS) is 18.1. The van der Waals surface area contributed by atoms with Crippen LogP contribution in [0.2, 0.25) is 0 Å². The van der Waals surface area contributed by atoms with Crippen LogP contribution in [-0.4, -0.2) is 56.7 Å². The van der Waals surface area contributed by atoms with Crippen molar-refractivity contribution < 1.29 is 17.9 Å². The highest BCUT2D eigenvalue weighted by Gasteiger charge is 2.32. The number of morpholine rings is 1. The number of alkyl halides is 3. The standard InChI is InChI=1S/C29H33F3N4O/c1-3-35(4-2)26-13-9-22(10-14-26)19-23-11-12-25(28(23)36-15-17-37-18-16-36)21-34-33-20-24-7-5-6-8-27(24)29(30,31)32/h5-10,13-14,19-21H,3-4,11-12,15-18H2,1-2H3/b23-19-,33-20+,34-21+. The zero-order chi connectivity index (χ0) is 26.3. The topological polar surface area (TPSA) is 40.4 Å². The van der Waals surface area contributed by atoms with Crippen molar-refractivity contribution in [2.75, 3.05) is 44.3 Å². The number of anilines is 1. The van der Waals surface area contributed by atoms with E-state index in [1.807, 2.05) is 0 Å². The fourth-order valence-electron chi connectivity index (χ4n) is 4.81. The second-order valence-corrected chi connectivity index (χ2v) is 8.98. The number of halogens is 3. The molecular weight excluding hydrogens is 477 g/mol. The third kappa shape index (κ3) is 6.68. The van der Waals surface area contributed by atoms with Crippen LogP contribution in [0, 0.1) is 0 Å². The predicted octanol–water partition coefficient (Wildman–Crippen LogP) is 6.42. The number of ether oxygens (including phenoxy) is 1. The van der Waals surface area contributed by atoms with Gasteiger partial charge in [-0.3, -0.25) is 0 Å². The van der Waals surface area contributed by atoms with Gasteiger partial charge in [-0.15, -0.1) is 0 Å². The van der Waals surface area contributed by atoms with E-state index >= 15 is 0 Å². The molecule has 1 fully saturated rings. The van der Waals surface area contributed by atoms with Crippen LogP contribution in [0.15, 0.2) is 75.6 Å². The summed E-state index contributed by atoms with van der Waals surface area (Å²) < 4.78 is 45.3. The summed E-state index contributed by atoms with van der Waals surface area (Å²) >= 11 is 0. The predicted molar refractivity (Wildman–Crippen MR) is 144 cm³/mol. The molecule has 37 heavy (non-hydrogen) atoms. The van der Waals surface area contributed by atoms with Gasteiger partial charge >= 0.3 is 6.18 Å². The molecular formula is C29H33F3N4O. The highest BCUT2D eigenvalue weighted by Crippen LogP contribution is 2.35. The number of hydrogen-bond donors (Lipinski definition) is 0. The van der Waals surface area contributed by atoms with E-state index in [2.05, 4.69) is 64.2 Å². The van der Waals surface area contributed by atoms with Gasteiger partial charge in [-0.1, -0.05) is 30.3 Å². The lowest BCUT2D eigenvalue weighted by Gasteiger charge is -2.31. The quantitative estimate of drug-likeness (QED) is 0.304. The Morgan fingerprint density at radius 3 is 2.27 bits per heavy atom. The second kappa shape index (κ2) is 12.2. The van der Waals surface area contributed by atoms with Gasteiger partial charge in [0.05, 0.1) is 31.2 Å². The lowest BCUT2D eigenvalue weighted by molar-refractivity contribution is -0.137. The third-order valence-corrected chi connectivity index (χ3v) is 6.71. The van der Waals surface area contributed by atoms with Crippen LogP contribution < -0.4 is 4.90 Å². The Morgan fingerprint density at radius 1 is 0.919 bits per heavy atom. The van der Waals surface area contributed by atoms with Crippen molar-refractivity contribution in [2.24, 2.45) is 10.2 Å². The van der Waals surface area contributed by atoms with Gasteiger partial charge < -0.3 is 14.5 Å². The van der Waals surface area contributed by atoms with Crippen molar-refractivity contribution in [2.45, 2.75) is 32.9 Å². The summed E-state index contributed by atoms with van der Waals surface area (Å²) in [5.41, 5.74) is 5.01. The van der Waals surface area contributed by atoms with Gasteiger partial charge in [0.2, 0.25) is 0 Å². The fourth-order valence-corrected chi connectivity index (χ4v) is 4.81. The highest BCUT2D eigenvalue weighted by atomic mass is 19.4. The maximum absolute atomic E-state index is 13.2. The van der Waals surface area contributed by atoms with Crippen LogP contribution in [-0.2, 0) is 10.9 Å². The fraction of sp³-hybridized carbons (Fsp3) is 0.379. The first-order chi connectivity index (χ1) is 17.9. The van der Waals surface area contributed by atoms with Crippen molar-refractivity contribution in [3.63, 3.8) is 0 Å². The molecule has 0 amide bonds. The minimum atomic E-state index is -4.44. The Hall–Kier alpha value is -3.39. The molecule has 1 heterocycles. The van der Waals surface area contributed by atoms with E-state index in [9.17, 15) is 13.2 Å². The Bertz CT molecular complexity index is 1170. The molecule has 1 aliphatic heterocycles. The molecule has 0 aromatic heterocycles. The van der Waals surface area contributed by atoms with E-state index in [4.69, 9.17) is 4.74 Å². The minimum Gasteiger partial charge on any atom is -0.378 e. The van der Waals surface area contributed by atoms with Crippen molar-refractivity contribution >= 4 is 24.2 Å². The van der Waals surface area contributed by atoms with Gasteiger partial charge in [0.15, 0.2) is 0 Å². The van der Waals surface area contributed by atoms with E-state index in [1.165, 1.54) is 23.4 Å². The van der Waals surface area contributed by atoms with Crippen LogP contribution in [0.25, 0.3) is 6.08 Å². The van der Waals surface area contributed by atoms with Gasteiger partial charge in [-0.25, -0.2) is 0 Å². The molecule has 2 aliphatic rings. The van der Waals surface area contributed by atoms with Gasteiger partial charge in [-0.05, 0) is 67.7 Å². The summed E-state index contributed by atoms with van der Waals surface area (Å²) in [4.78, 5) is 4.63. The molecule has 0 radical (unpaired) electrons. The second-order valence-electron chi connectivity index (χ2n) is 8.98. The average molecular weight is 511 g/mol. The lowest BCUT2D eigenvalue weighted by atomic mass is 10.1. The van der Waals surface area contributed by atoms with Crippen molar-refractivity contribution in [3.8, 4) is 0 Å². The molecule has 8 heteroatoms. The third-order valence-electron chi connectivity index (χ3n) is 6.71. The van der Waals surface area contributed by atoms with Crippen molar-refractivity contribution in [3.05, 3.63) is 82.1 Å². The summed E-state index contributed by atoms with van der Waals surface area (Å²) in [6.07, 6.45) is 2.30. The average Bonchev–Trinajstić information content (AvgIpc) is 3.30. The minimum absolute atomic E-state index is 0.00491. The molecule has 0 atom stereocenters. The number of allylic oxidation sites excluding steroid dienone is 2. The monoisotopic (exact) mass is 510 g/mol. The lowest BCUT2D eigenvalue weighted by Crippen LogP contribution is -2.36. The van der Waals surface area contributed by atoms with E-state index in [1.54, 1.807) is 12.3 Å². The first kappa shape index (κ1) is 26.7. The molecule has 2 aromatic rings. The summed E-state index contributed by atoms with van der Waals surface area (Å²) in [6.45, 7) is 9.12. The SMILES string of the molecule is CCN(CC)c1ccc(/C=C2/CCC(/C=N/N=C/c3ccccc3C(F)(F)F)=C2N2CCOCC2)cc1. The van der Waals surface area contributed by atoms with Crippen LogP contribution in [0.3, 0.4) is 0 Å². The molecule has 0 unspecified atom stereocenters. The number of hydrogen-bond acceptors (Lipinski definition) is 5. The summed E-state index contributed by atoms with van der Waals surface area (Å²) in [5, 5.41) is 8.09. The first-order valence-corrected chi connectivity index (χ1v) is 12.7. The number of rotatable bonds is 8. The molecule has 2 aromatic carbocycles. The molecule has 0 bridgehead atoms. The van der Waals surface area contributed by atoms with Gasteiger partial charge in [0.25, 0.3) is 0 Å². The smallest absolute Gasteiger partial charge is 0.378 e. The van der Waals surface area contributed by atoms with E-state index in [0.29, 0.717) is 13.2 Å². The first-order valence-electron chi connectivity index (χ1n) is 12.7. The Kier molecular flexibility index (Phi) is 8.82. The Labute approximate surface area is 216 Å². The van der Waals surface area contributed by atoms with Crippen LogP contribution >= 0.6 is 0 Å². The molecule has 0 N–H and O–H groups in total. The molecule has 4 rings (SSSR count). The Morgan fingerprint density at radius 2 is 1.59 bits per heavy atom. The van der Waals surface area contributed by atoms with Gasteiger partial charge in [0, 0.05) is 43.1 Å². The molecule has 5 nitrogen and oxygen atoms in total. The van der Waals surface area contributed by atoms with Crippen molar-refractivity contribution in [1.29, 1.82) is 0 Å². The number of nitrogens with zero attached hydrogens (tertiary/aromatic N) is 4. The van der Waals surface area contributed by atoms with Gasteiger partial charge in [0.1, 0.15) is 0 Å². The Balaban J connectivity index is 1.59. The van der Waals surface area contributed by atoms with Crippen molar-refractivity contribution in [1.82, 2.24) is 4.90 Å². The van der Waals surface area contributed by atoms with E-state index in [0.717, 1.165) is 68.1 Å². The summed E-state index contributed by atoms with van der Waals surface area (Å²) in [6, 6.07) is 14.0. The zero-order valence-electron chi connectivity index (χ0n) is 21.3. The highest BCUT2D eigenvalue weighted by molar-refractivity contribution is 5.86. The molecule has 0 saturated carbocycles. The molecule has 0 spiro atoms. The maximum Gasteiger partial charge on any atom is 0.417 e.